The van der Waals surface area contributed by atoms with Crippen LogP contribution in [0.1, 0.15) is 30.9 Å². The van der Waals surface area contributed by atoms with E-state index in [1.165, 1.54) is 17.5 Å². The number of aryl methyl sites for hydroxylation is 1. The molecule has 1 aliphatic carbocycles. The van der Waals surface area contributed by atoms with Crippen molar-refractivity contribution in [3.05, 3.63) is 35.4 Å². The summed E-state index contributed by atoms with van der Waals surface area (Å²) in [5.74, 6) is 0. The Bertz CT molecular complexity index is 333. The number of benzene rings is 1. The molecule has 0 fully saturated rings. The average molecular weight is 219 g/mol. The van der Waals surface area contributed by atoms with E-state index in [4.69, 9.17) is 0 Å². The molecule has 2 rings (SSSR count). The molecule has 2 nitrogen and oxygen atoms in total. The van der Waals surface area contributed by atoms with Gasteiger partial charge in [-0.15, -0.1) is 0 Å². The van der Waals surface area contributed by atoms with Gasteiger partial charge in [0.2, 0.25) is 0 Å². The van der Waals surface area contributed by atoms with E-state index in [1.807, 2.05) is 0 Å². The molecule has 0 bridgehead atoms. The molecule has 16 heavy (non-hydrogen) atoms. The first-order valence-corrected chi connectivity index (χ1v) is 6.27. The standard InChI is InChI=1S/C14H21NO/c1-2-13(10-16)15-14-8-7-11-5-3-4-6-12(11)9-14/h3-6,13-16H,2,7-10H2,1H3. The second-order valence-corrected chi connectivity index (χ2v) is 4.66. The van der Waals surface area contributed by atoms with Gasteiger partial charge < -0.3 is 10.4 Å². The molecule has 1 aromatic carbocycles. The second-order valence-electron chi connectivity index (χ2n) is 4.66. The summed E-state index contributed by atoms with van der Waals surface area (Å²) in [5, 5.41) is 12.7. The number of hydrogen-bond acceptors (Lipinski definition) is 2. The van der Waals surface area contributed by atoms with Crippen LogP contribution in [0.3, 0.4) is 0 Å². The highest BCUT2D eigenvalue weighted by molar-refractivity contribution is 5.30. The third-order valence-corrected chi connectivity index (χ3v) is 3.53. The van der Waals surface area contributed by atoms with Gasteiger partial charge in [0, 0.05) is 12.1 Å². The third-order valence-electron chi connectivity index (χ3n) is 3.53. The molecule has 1 aliphatic rings. The zero-order chi connectivity index (χ0) is 11.4. The van der Waals surface area contributed by atoms with E-state index in [9.17, 15) is 5.11 Å². The fraction of sp³-hybridized carbons (Fsp3) is 0.571. The fourth-order valence-corrected chi connectivity index (χ4v) is 2.47. The molecule has 0 saturated carbocycles. The van der Waals surface area contributed by atoms with Gasteiger partial charge in [-0.25, -0.2) is 0 Å². The van der Waals surface area contributed by atoms with Crippen molar-refractivity contribution in [3.8, 4) is 0 Å². The van der Waals surface area contributed by atoms with Crippen molar-refractivity contribution in [2.45, 2.75) is 44.7 Å². The maximum atomic E-state index is 9.19. The first-order valence-electron chi connectivity index (χ1n) is 6.27. The molecule has 0 heterocycles. The minimum absolute atomic E-state index is 0.245. The van der Waals surface area contributed by atoms with E-state index in [2.05, 4.69) is 36.5 Å². The fourth-order valence-electron chi connectivity index (χ4n) is 2.47. The number of aliphatic hydroxyl groups excluding tert-OH is 1. The van der Waals surface area contributed by atoms with Crippen LogP contribution >= 0.6 is 0 Å². The van der Waals surface area contributed by atoms with E-state index < -0.39 is 0 Å². The second kappa shape index (κ2) is 5.46. The molecule has 2 atom stereocenters. The van der Waals surface area contributed by atoms with E-state index in [0.717, 1.165) is 19.3 Å². The van der Waals surface area contributed by atoms with Crippen molar-refractivity contribution in [3.63, 3.8) is 0 Å². The van der Waals surface area contributed by atoms with Crippen molar-refractivity contribution < 1.29 is 5.11 Å². The van der Waals surface area contributed by atoms with Gasteiger partial charge in [-0.1, -0.05) is 31.2 Å². The Morgan fingerprint density at radius 3 is 2.81 bits per heavy atom. The quantitative estimate of drug-likeness (QED) is 0.810. The van der Waals surface area contributed by atoms with Crippen LogP contribution < -0.4 is 5.32 Å². The molecule has 2 N–H and O–H groups in total. The maximum absolute atomic E-state index is 9.19. The smallest absolute Gasteiger partial charge is 0.0584 e. The molecule has 0 saturated heterocycles. The Morgan fingerprint density at radius 1 is 1.38 bits per heavy atom. The van der Waals surface area contributed by atoms with Gasteiger partial charge >= 0.3 is 0 Å². The van der Waals surface area contributed by atoms with Crippen LogP contribution in [-0.4, -0.2) is 23.8 Å². The maximum Gasteiger partial charge on any atom is 0.0584 e. The highest BCUT2D eigenvalue weighted by Crippen LogP contribution is 2.21. The highest BCUT2D eigenvalue weighted by Gasteiger charge is 2.19. The van der Waals surface area contributed by atoms with Crippen molar-refractivity contribution in [2.75, 3.05) is 6.61 Å². The minimum atomic E-state index is 0.245. The lowest BCUT2D eigenvalue weighted by Gasteiger charge is -2.28. The largest absolute Gasteiger partial charge is 0.395 e. The Balaban J connectivity index is 1.97. The normalized spacial score (nSPS) is 21.5. The number of aliphatic hydroxyl groups is 1. The van der Waals surface area contributed by atoms with E-state index >= 15 is 0 Å². The van der Waals surface area contributed by atoms with Crippen LogP contribution in [-0.2, 0) is 12.8 Å². The molecular weight excluding hydrogens is 198 g/mol. The lowest BCUT2D eigenvalue weighted by molar-refractivity contribution is 0.223. The van der Waals surface area contributed by atoms with Gasteiger partial charge in [0.25, 0.3) is 0 Å². The average Bonchev–Trinajstić information content (AvgIpc) is 2.35. The van der Waals surface area contributed by atoms with Gasteiger partial charge in [0.05, 0.1) is 6.61 Å². The summed E-state index contributed by atoms with van der Waals surface area (Å²) in [6.45, 7) is 2.36. The van der Waals surface area contributed by atoms with Crippen LogP contribution in [0.25, 0.3) is 0 Å². The molecule has 0 aliphatic heterocycles. The molecule has 88 valence electrons. The minimum Gasteiger partial charge on any atom is -0.395 e. The zero-order valence-electron chi connectivity index (χ0n) is 9.95. The number of fused-ring (bicyclic) bond motifs is 1. The molecule has 0 aromatic heterocycles. The first kappa shape index (κ1) is 11.6. The van der Waals surface area contributed by atoms with E-state index in [0.29, 0.717) is 6.04 Å². The molecule has 0 amide bonds. The molecule has 2 unspecified atom stereocenters. The monoisotopic (exact) mass is 219 g/mol. The summed E-state index contributed by atoms with van der Waals surface area (Å²) in [7, 11) is 0. The van der Waals surface area contributed by atoms with Gasteiger partial charge in [-0.3, -0.25) is 0 Å². The third kappa shape index (κ3) is 2.63. The van der Waals surface area contributed by atoms with Gasteiger partial charge in [-0.2, -0.15) is 0 Å². The zero-order valence-corrected chi connectivity index (χ0v) is 9.95. The Labute approximate surface area is 97.7 Å². The molecule has 1 aromatic rings. The molecular formula is C14H21NO. The Kier molecular flexibility index (Phi) is 3.97. The van der Waals surface area contributed by atoms with Crippen molar-refractivity contribution in [1.29, 1.82) is 0 Å². The molecule has 0 spiro atoms. The van der Waals surface area contributed by atoms with Crippen LogP contribution in [0.5, 0.6) is 0 Å². The lowest BCUT2D eigenvalue weighted by Crippen LogP contribution is -2.43. The summed E-state index contributed by atoms with van der Waals surface area (Å²) >= 11 is 0. The summed E-state index contributed by atoms with van der Waals surface area (Å²) < 4.78 is 0. The van der Waals surface area contributed by atoms with Crippen LogP contribution in [0.15, 0.2) is 24.3 Å². The highest BCUT2D eigenvalue weighted by atomic mass is 16.3. The Hall–Kier alpha value is -0.860. The van der Waals surface area contributed by atoms with Crippen molar-refractivity contribution in [2.24, 2.45) is 0 Å². The SMILES string of the molecule is CCC(CO)NC1CCc2ccccc2C1. The molecule has 0 radical (unpaired) electrons. The van der Waals surface area contributed by atoms with E-state index in [-0.39, 0.29) is 12.6 Å². The lowest BCUT2D eigenvalue weighted by atomic mass is 9.88. The summed E-state index contributed by atoms with van der Waals surface area (Å²) in [5.41, 5.74) is 2.97. The van der Waals surface area contributed by atoms with Gasteiger partial charge in [0.15, 0.2) is 0 Å². The predicted octanol–water partition coefficient (Wildman–Crippen LogP) is 1.90. The van der Waals surface area contributed by atoms with Crippen LogP contribution in [0.2, 0.25) is 0 Å². The summed E-state index contributed by atoms with van der Waals surface area (Å²) in [6.07, 6.45) is 4.45. The Morgan fingerprint density at radius 2 is 2.12 bits per heavy atom. The molecule has 2 heteroatoms. The predicted molar refractivity (Wildman–Crippen MR) is 66.6 cm³/mol. The number of nitrogens with one attached hydrogen (secondary N) is 1. The van der Waals surface area contributed by atoms with Crippen molar-refractivity contribution in [1.82, 2.24) is 5.32 Å². The van der Waals surface area contributed by atoms with Crippen molar-refractivity contribution >= 4 is 0 Å². The summed E-state index contributed by atoms with van der Waals surface area (Å²) in [6, 6.07) is 9.49. The number of hydrogen-bond donors (Lipinski definition) is 2. The topological polar surface area (TPSA) is 32.3 Å². The van der Waals surface area contributed by atoms with Crippen LogP contribution in [0.4, 0.5) is 0 Å². The first-order chi connectivity index (χ1) is 7.83. The van der Waals surface area contributed by atoms with Crippen LogP contribution in [0, 0.1) is 0 Å². The summed E-state index contributed by atoms with van der Waals surface area (Å²) in [4.78, 5) is 0. The van der Waals surface area contributed by atoms with E-state index in [1.54, 1.807) is 0 Å². The van der Waals surface area contributed by atoms with Gasteiger partial charge in [0.1, 0.15) is 0 Å². The van der Waals surface area contributed by atoms with Gasteiger partial charge in [-0.05, 0) is 36.8 Å². The number of rotatable bonds is 4.